The Hall–Kier alpha value is -1.86. The number of hydrogen-bond acceptors (Lipinski definition) is 3. The van der Waals surface area contributed by atoms with E-state index in [4.69, 9.17) is 4.74 Å². The molecule has 124 valence electrons. The van der Waals surface area contributed by atoms with Gasteiger partial charge in [0.2, 0.25) is 0 Å². The summed E-state index contributed by atoms with van der Waals surface area (Å²) in [5, 5.41) is 12.0. The Kier molecular flexibility index (Phi) is 4.64. The molecule has 0 saturated heterocycles. The maximum Gasteiger partial charge on any atom is 0.271 e. The van der Waals surface area contributed by atoms with Crippen molar-refractivity contribution in [2.75, 3.05) is 0 Å². The number of hydrogen-bond donors (Lipinski definition) is 1. The number of nitro benzene ring substituents is 1. The van der Waals surface area contributed by atoms with E-state index in [-0.39, 0.29) is 5.69 Å². The standard InChI is InChI=1S/C17H14Br2N2O3/c1-9(2)13-8-20-16-4-3-11(7-12(13)16)24-17-14(18)5-10(21(22)23)6-15(17)19/h3-9,20H,1-2H3. The molecular weight excluding hydrogens is 440 g/mol. The minimum absolute atomic E-state index is 0.00993. The zero-order valence-corrected chi connectivity index (χ0v) is 16.1. The molecule has 0 amide bonds. The van der Waals surface area contributed by atoms with Crippen LogP contribution in [0.2, 0.25) is 0 Å². The van der Waals surface area contributed by atoms with Gasteiger partial charge in [-0.05, 0) is 61.5 Å². The van der Waals surface area contributed by atoms with Crippen LogP contribution >= 0.6 is 31.9 Å². The van der Waals surface area contributed by atoms with Crippen molar-refractivity contribution >= 4 is 48.5 Å². The van der Waals surface area contributed by atoms with Crippen molar-refractivity contribution in [3.05, 3.63) is 61.2 Å². The number of benzene rings is 2. The smallest absolute Gasteiger partial charge is 0.271 e. The molecule has 1 N–H and O–H groups in total. The monoisotopic (exact) mass is 452 g/mol. The second kappa shape index (κ2) is 6.57. The van der Waals surface area contributed by atoms with E-state index in [0.29, 0.717) is 26.4 Å². The number of fused-ring (bicyclic) bond motifs is 1. The van der Waals surface area contributed by atoms with Gasteiger partial charge in [-0.1, -0.05) is 13.8 Å². The van der Waals surface area contributed by atoms with Gasteiger partial charge in [-0.15, -0.1) is 0 Å². The highest BCUT2D eigenvalue weighted by Gasteiger charge is 2.16. The number of H-pyrrole nitrogens is 1. The number of aromatic nitrogens is 1. The lowest BCUT2D eigenvalue weighted by Gasteiger charge is -2.11. The normalized spacial score (nSPS) is 11.2. The first-order valence-electron chi connectivity index (χ1n) is 7.29. The third-order valence-corrected chi connectivity index (χ3v) is 4.90. The van der Waals surface area contributed by atoms with Gasteiger partial charge in [0.15, 0.2) is 5.75 Å². The summed E-state index contributed by atoms with van der Waals surface area (Å²) in [6, 6.07) is 8.65. The molecule has 3 aromatic rings. The number of nitrogens with one attached hydrogen (secondary N) is 1. The van der Waals surface area contributed by atoms with Gasteiger partial charge >= 0.3 is 0 Å². The van der Waals surface area contributed by atoms with Crippen LogP contribution in [0.5, 0.6) is 11.5 Å². The predicted octanol–water partition coefficient (Wildman–Crippen LogP) is 6.52. The lowest BCUT2D eigenvalue weighted by Crippen LogP contribution is -1.92. The first-order valence-corrected chi connectivity index (χ1v) is 8.87. The molecule has 0 atom stereocenters. The minimum atomic E-state index is -0.444. The van der Waals surface area contributed by atoms with Gasteiger partial charge in [0.05, 0.1) is 13.9 Å². The SMILES string of the molecule is CC(C)c1c[nH]c2ccc(Oc3c(Br)cc([N+](=O)[O-])cc3Br)cc12. The molecule has 1 aromatic heterocycles. The quantitative estimate of drug-likeness (QED) is 0.361. The molecule has 0 spiro atoms. The first-order chi connectivity index (χ1) is 11.4. The molecule has 24 heavy (non-hydrogen) atoms. The zero-order valence-electron chi connectivity index (χ0n) is 13.0. The third kappa shape index (κ3) is 3.18. The van der Waals surface area contributed by atoms with Crippen molar-refractivity contribution in [1.29, 1.82) is 0 Å². The van der Waals surface area contributed by atoms with Gasteiger partial charge in [-0.25, -0.2) is 0 Å². The van der Waals surface area contributed by atoms with Crippen molar-refractivity contribution in [3.8, 4) is 11.5 Å². The first kappa shape index (κ1) is 17.0. The molecule has 0 unspecified atom stereocenters. The molecule has 5 nitrogen and oxygen atoms in total. The molecule has 0 bridgehead atoms. The molecule has 1 heterocycles. The highest BCUT2D eigenvalue weighted by Crippen LogP contribution is 2.40. The van der Waals surface area contributed by atoms with Crippen LogP contribution in [0.4, 0.5) is 5.69 Å². The lowest BCUT2D eigenvalue weighted by molar-refractivity contribution is -0.385. The number of nitrogens with zero attached hydrogens (tertiary/aromatic N) is 1. The molecule has 3 rings (SSSR count). The van der Waals surface area contributed by atoms with Crippen LogP contribution in [0.3, 0.4) is 0 Å². The minimum Gasteiger partial charge on any atom is -0.455 e. The van der Waals surface area contributed by atoms with E-state index < -0.39 is 4.92 Å². The summed E-state index contributed by atoms with van der Waals surface area (Å²) in [7, 11) is 0. The van der Waals surface area contributed by atoms with Crippen LogP contribution in [0.15, 0.2) is 45.5 Å². The van der Waals surface area contributed by atoms with Crippen molar-refractivity contribution in [1.82, 2.24) is 4.98 Å². The van der Waals surface area contributed by atoms with E-state index >= 15 is 0 Å². The summed E-state index contributed by atoms with van der Waals surface area (Å²) < 4.78 is 6.99. The van der Waals surface area contributed by atoms with Gasteiger partial charge in [-0.3, -0.25) is 10.1 Å². The molecule has 0 aliphatic heterocycles. The Balaban J connectivity index is 2.01. The average molecular weight is 454 g/mol. The van der Waals surface area contributed by atoms with E-state index in [1.165, 1.54) is 17.7 Å². The summed E-state index contributed by atoms with van der Waals surface area (Å²) in [6.45, 7) is 4.28. The van der Waals surface area contributed by atoms with Crippen LogP contribution in [0.25, 0.3) is 10.9 Å². The Labute approximate surface area is 155 Å². The summed E-state index contributed by atoms with van der Waals surface area (Å²) in [5.74, 6) is 1.56. The van der Waals surface area contributed by atoms with Gasteiger partial charge in [0, 0.05) is 29.2 Å². The molecule has 0 aliphatic rings. The maximum absolute atomic E-state index is 10.9. The molecule has 0 aliphatic carbocycles. The highest BCUT2D eigenvalue weighted by atomic mass is 79.9. The number of nitro groups is 1. The Morgan fingerprint density at radius 3 is 2.42 bits per heavy atom. The fourth-order valence-electron chi connectivity index (χ4n) is 2.53. The van der Waals surface area contributed by atoms with E-state index in [0.717, 1.165) is 10.9 Å². The topological polar surface area (TPSA) is 68.2 Å². The molecule has 0 fully saturated rings. The fraction of sp³-hybridized carbons (Fsp3) is 0.176. The number of rotatable bonds is 4. The number of non-ortho nitro benzene ring substituents is 1. The second-order valence-corrected chi connectivity index (χ2v) is 7.41. The van der Waals surface area contributed by atoms with Gasteiger partial charge < -0.3 is 9.72 Å². The Morgan fingerprint density at radius 1 is 1.17 bits per heavy atom. The summed E-state index contributed by atoms with van der Waals surface area (Å²) in [4.78, 5) is 13.7. The number of aromatic amines is 1. The molecule has 7 heteroatoms. The molecular formula is C17H14Br2N2O3. The summed E-state index contributed by atoms with van der Waals surface area (Å²) in [5.41, 5.74) is 2.26. The maximum atomic E-state index is 10.9. The summed E-state index contributed by atoms with van der Waals surface area (Å²) in [6.07, 6.45) is 2.01. The Morgan fingerprint density at radius 2 is 1.83 bits per heavy atom. The lowest BCUT2D eigenvalue weighted by atomic mass is 10.0. The van der Waals surface area contributed by atoms with Crippen molar-refractivity contribution in [2.24, 2.45) is 0 Å². The van der Waals surface area contributed by atoms with Crippen LogP contribution in [-0.4, -0.2) is 9.91 Å². The molecule has 2 aromatic carbocycles. The fourth-order valence-corrected chi connectivity index (χ4v) is 3.85. The van der Waals surface area contributed by atoms with Gasteiger partial charge in [0.25, 0.3) is 5.69 Å². The average Bonchev–Trinajstić information content (AvgIpc) is 2.93. The summed E-state index contributed by atoms with van der Waals surface area (Å²) >= 11 is 6.68. The molecule has 0 saturated carbocycles. The van der Waals surface area contributed by atoms with E-state index in [2.05, 4.69) is 50.7 Å². The van der Waals surface area contributed by atoms with Crippen LogP contribution < -0.4 is 4.74 Å². The largest absolute Gasteiger partial charge is 0.455 e. The van der Waals surface area contributed by atoms with Gasteiger partial charge in [-0.2, -0.15) is 0 Å². The zero-order chi connectivity index (χ0) is 17.4. The predicted molar refractivity (Wildman–Crippen MR) is 101 cm³/mol. The van der Waals surface area contributed by atoms with E-state index in [1.54, 1.807) is 0 Å². The van der Waals surface area contributed by atoms with Crippen LogP contribution in [0, 0.1) is 10.1 Å². The van der Waals surface area contributed by atoms with Crippen LogP contribution in [-0.2, 0) is 0 Å². The van der Waals surface area contributed by atoms with E-state index in [1.807, 2.05) is 24.4 Å². The van der Waals surface area contributed by atoms with E-state index in [9.17, 15) is 10.1 Å². The Bertz CT molecular complexity index is 912. The van der Waals surface area contributed by atoms with Crippen LogP contribution in [0.1, 0.15) is 25.3 Å². The number of halogens is 2. The third-order valence-electron chi connectivity index (χ3n) is 3.72. The van der Waals surface area contributed by atoms with Crippen molar-refractivity contribution < 1.29 is 9.66 Å². The molecule has 0 radical (unpaired) electrons. The second-order valence-electron chi connectivity index (χ2n) is 5.70. The number of ether oxygens (including phenoxy) is 1. The highest BCUT2D eigenvalue weighted by molar-refractivity contribution is 9.11. The van der Waals surface area contributed by atoms with Gasteiger partial charge in [0.1, 0.15) is 5.75 Å². The van der Waals surface area contributed by atoms with Crippen molar-refractivity contribution in [2.45, 2.75) is 19.8 Å². The van der Waals surface area contributed by atoms with Crippen molar-refractivity contribution in [3.63, 3.8) is 0 Å².